The molecule has 0 heterocycles. The molecule has 13 heavy (non-hydrogen) atoms. The van der Waals surface area contributed by atoms with Gasteiger partial charge >= 0.3 is 11.9 Å². The Morgan fingerprint density at radius 1 is 1.15 bits per heavy atom. The van der Waals surface area contributed by atoms with E-state index < -0.39 is 23.6 Å². The second-order valence-corrected chi connectivity index (χ2v) is 2.03. The lowest BCUT2D eigenvalue weighted by Gasteiger charge is -1.93. The molecule has 6 heteroatoms. The van der Waals surface area contributed by atoms with Gasteiger partial charge < -0.3 is 15.0 Å². The molecule has 70 valence electrons. The van der Waals surface area contributed by atoms with Crippen LogP contribution in [0.1, 0.15) is 0 Å². The topological polar surface area (TPSA) is 109 Å². The van der Waals surface area contributed by atoms with Crippen molar-refractivity contribution in [3.05, 3.63) is 12.2 Å². The summed E-state index contributed by atoms with van der Waals surface area (Å²) in [5, 5.41) is 16.4. The van der Waals surface area contributed by atoms with E-state index in [9.17, 15) is 19.2 Å². The fourth-order valence-electron chi connectivity index (χ4n) is 0.448. The van der Waals surface area contributed by atoms with Crippen molar-refractivity contribution < 1.29 is 29.4 Å². The predicted octanol–water partition coefficient (Wildman–Crippen LogP) is -0.904. The Morgan fingerprint density at radius 2 is 1.69 bits per heavy atom. The number of ketones is 1. The van der Waals surface area contributed by atoms with E-state index in [1.54, 1.807) is 0 Å². The zero-order valence-corrected chi connectivity index (χ0v) is 6.34. The van der Waals surface area contributed by atoms with E-state index >= 15 is 0 Å². The molecule has 0 spiro atoms. The summed E-state index contributed by atoms with van der Waals surface area (Å²) in [4.78, 5) is 40.5. The minimum Gasteiger partial charge on any atom is -0.480 e. The summed E-state index contributed by atoms with van der Waals surface area (Å²) in [5.41, 5.74) is 0. The second-order valence-electron chi connectivity index (χ2n) is 2.03. The molecule has 0 saturated heterocycles. The summed E-state index contributed by atoms with van der Waals surface area (Å²) in [6.45, 7) is 0. The molecule has 0 rings (SSSR count). The van der Waals surface area contributed by atoms with Crippen LogP contribution < -0.4 is 0 Å². The Labute approximate surface area is 72.5 Å². The van der Waals surface area contributed by atoms with Gasteiger partial charge in [-0.3, -0.25) is 9.59 Å². The van der Waals surface area contributed by atoms with Crippen LogP contribution in [0.3, 0.4) is 0 Å². The fraction of sp³-hybridized carbons (Fsp3) is 0.143. The van der Waals surface area contributed by atoms with Gasteiger partial charge in [0.15, 0.2) is 0 Å². The minimum atomic E-state index is -1.70. The number of aliphatic carboxylic acids is 2. The third kappa shape index (κ3) is 3.80. The van der Waals surface area contributed by atoms with Crippen molar-refractivity contribution in [1.29, 1.82) is 0 Å². The van der Waals surface area contributed by atoms with Crippen LogP contribution in [0.5, 0.6) is 0 Å². The molecule has 0 saturated carbocycles. The van der Waals surface area contributed by atoms with E-state index in [1.165, 1.54) is 0 Å². The maximum atomic E-state index is 10.4. The molecule has 1 unspecified atom stereocenters. The molecular formula is C7H6O6. The van der Waals surface area contributed by atoms with Crippen molar-refractivity contribution >= 4 is 24.0 Å². The van der Waals surface area contributed by atoms with Gasteiger partial charge in [-0.25, -0.2) is 4.79 Å². The number of carbonyl (C=O) groups is 4. The first-order valence-electron chi connectivity index (χ1n) is 3.12. The first kappa shape index (κ1) is 11.0. The molecule has 0 aliphatic heterocycles. The number of hydrogen-bond acceptors (Lipinski definition) is 4. The van der Waals surface area contributed by atoms with Gasteiger partial charge in [0.25, 0.3) is 5.78 Å². The highest BCUT2D eigenvalue weighted by molar-refractivity contribution is 6.37. The monoisotopic (exact) mass is 186 g/mol. The average molecular weight is 186 g/mol. The predicted molar refractivity (Wildman–Crippen MR) is 39.0 cm³/mol. The summed E-state index contributed by atoms with van der Waals surface area (Å²) in [6.07, 6.45) is 1.34. The lowest BCUT2D eigenvalue weighted by atomic mass is 10.1. The van der Waals surface area contributed by atoms with Crippen LogP contribution in [0.15, 0.2) is 12.2 Å². The molecule has 0 aliphatic carbocycles. The SMILES string of the molecule is O=CC(/C=C/C(=O)C(=O)O)C(=O)O. The summed E-state index contributed by atoms with van der Waals surface area (Å²) >= 11 is 0. The van der Waals surface area contributed by atoms with Crippen molar-refractivity contribution in [1.82, 2.24) is 0 Å². The number of aldehydes is 1. The molecule has 0 fully saturated rings. The second kappa shape index (κ2) is 4.81. The Morgan fingerprint density at radius 3 is 2.00 bits per heavy atom. The Balaban J connectivity index is 4.40. The van der Waals surface area contributed by atoms with Gasteiger partial charge in [0.05, 0.1) is 0 Å². The van der Waals surface area contributed by atoms with Gasteiger partial charge in [0.1, 0.15) is 12.2 Å². The van der Waals surface area contributed by atoms with Crippen LogP contribution in [0.25, 0.3) is 0 Å². The third-order valence-electron chi connectivity index (χ3n) is 1.10. The molecule has 0 bridgehead atoms. The van der Waals surface area contributed by atoms with Crippen LogP contribution in [0, 0.1) is 5.92 Å². The van der Waals surface area contributed by atoms with E-state index in [1.807, 2.05) is 0 Å². The zero-order valence-electron chi connectivity index (χ0n) is 6.34. The van der Waals surface area contributed by atoms with Crippen LogP contribution in [-0.4, -0.2) is 34.2 Å². The minimum absolute atomic E-state index is 0.0912. The number of carboxylic acid groups (broad SMARTS) is 2. The van der Waals surface area contributed by atoms with E-state index in [0.717, 1.165) is 0 Å². The Bertz CT molecular complexity index is 277. The zero-order chi connectivity index (χ0) is 10.4. The molecule has 1 atom stereocenters. The first-order valence-corrected chi connectivity index (χ1v) is 3.12. The van der Waals surface area contributed by atoms with E-state index in [-0.39, 0.29) is 6.29 Å². The summed E-state index contributed by atoms with van der Waals surface area (Å²) in [5.74, 6) is -5.90. The standard InChI is InChI=1S/C7H6O6/c8-3-4(6(10)11)1-2-5(9)7(12)13/h1-4H,(H,10,11)(H,12,13)/b2-1+. The lowest BCUT2D eigenvalue weighted by molar-refractivity contribution is -0.147. The number of rotatable bonds is 5. The van der Waals surface area contributed by atoms with Crippen molar-refractivity contribution in [2.45, 2.75) is 0 Å². The normalized spacial score (nSPS) is 12.3. The molecule has 0 aromatic carbocycles. The van der Waals surface area contributed by atoms with Gasteiger partial charge in [0, 0.05) is 0 Å². The van der Waals surface area contributed by atoms with Gasteiger partial charge in [-0.05, 0) is 6.08 Å². The van der Waals surface area contributed by atoms with Gasteiger partial charge in [0.2, 0.25) is 0 Å². The van der Waals surface area contributed by atoms with Crippen LogP contribution in [-0.2, 0) is 19.2 Å². The summed E-state index contributed by atoms with van der Waals surface area (Å²) in [6, 6.07) is 0. The third-order valence-corrected chi connectivity index (χ3v) is 1.10. The van der Waals surface area contributed by atoms with E-state index in [4.69, 9.17) is 10.2 Å². The maximum Gasteiger partial charge on any atom is 0.376 e. The lowest BCUT2D eigenvalue weighted by Crippen LogP contribution is -2.14. The van der Waals surface area contributed by atoms with E-state index in [2.05, 4.69) is 0 Å². The van der Waals surface area contributed by atoms with Crippen LogP contribution >= 0.6 is 0 Å². The highest BCUT2D eigenvalue weighted by Gasteiger charge is 2.14. The smallest absolute Gasteiger partial charge is 0.376 e. The molecule has 0 aromatic heterocycles. The van der Waals surface area contributed by atoms with Crippen molar-refractivity contribution in [2.75, 3.05) is 0 Å². The number of carbonyl (C=O) groups excluding carboxylic acids is 2. The van der Waals surface area contributed by atoms with Gasteiger partial charge in [-0.15, -0.1) is 0 Å². The van der Waals surface area contributed by atoms with E-state index in [0.29, 0.717) is 12.2 Å². The highest BCUT2D eigenvalue weighted by atomic mass is 16.4. The van der Waals surface area contributed by atoms with Gasteiger partial charge in [-0.2, -0.15) is 0 Å². The molecule has 0 amide bonds. The summed E-state index contributed by atoms with van der Waals surface area (Å²) < 4.78 is 0. The molecule has 0 aromatic rings. The summed E-state index contributed by atoms with van der Waals surface area (Å²) in [7, 11) is 0. The quantitative estimate of drug-likeness (QED) is 0.249. The Hall–Kier alpha value is -1.98. The molecule has 2 N–H and O–H groups in total. The number of carboxylic acids is 2. The van der Waals surface area contributed by atoms with Gasteiger partial charge in [-0.1, -0.05) is 6.08 Å². The highest BCUT2D eigenvalue weighted by Crippen LogP contribution is 1.94. The maximum absolute atomic E-state index is 10.4. The molecule has 0 radical (unpaired) electrons. The fourth-order valence-corrected chi connectivity index (χ4v) is 0.448. The average Bonchev–Trinajstić information content (AvgIpc) is 2.04. The van der Waals surface area contributed by atoms with Crippen molar-refractivity contribution in [3.63, 3.8) is 0 Å². The van der Waals surface area contributed by atoms with Crippen molar-refractivity contribution in [3.8, 4) is 0 Å². The van der Waals surface area contributed by atoms with Crippen LogP contribution in [0.4, 0.5) is 0 Å². The largest absolute Gasteiger partial charge is 0.480 e. The molecule has 0 aliphatic rings. The van der Waals surface area contributed by atoms with Crippen molar-refractivity contribution in [2.24, 2.45) is 5.92 Å². The molecule has 6 nitrogen and oxygen atoms in total. The molecular weight excluding hydrogens is 180 g/mol. The van der Waals surface area contributed by atoms with Crippen LogP contribution in [0.2, 0.25) is 0 Å². The Kier molecular flexibility index (Phi) is 4.08. The number of hydrogen-bond donors (Lipinski definition) is 2. The first-order chi connectivity index (χ1) is 5.99.